The largest absolute Gasteiger partial charge is 0.493 e. The number of hydrogen-bond acceptors (Lipinski definition) is 5. The Balaban J connectivity index is 2.19. The van der Waals surface area contributed by atoms with Gasteiger partial charge in [-0.25, -0.2) is 4.79 Å². The number of methoxy groups -OCH3 is 3. The number of carbonyl (C=O) groups excluding carboxylic acids is 1. The smallest absolute Gasteiger partial charge is 0.337 e. The Morgan fingerprint density at radius 1 is 1.10 bits per heavy atom. The van der Waals surface area contributed by atoms with E-state index >= 15 is 0 Å². The van der Waals surface area contributed by atoms with Gasteiger partial charge in [-0.2, -0.15) is 0 Å². The molecule has 1 atom stereocenters. The zero-order chi connectivity index (χ0) is 21.8. The summed E-state index contributed by atoms with van der Waals surface area (Å²) in [6.07, 6.45) is 0.586. The van der Waals surface area contributed by atoms with Crippen LogP contribution >= 0.6 is 12.2 Å². The normalized spacial score (nSPS) is 16.2. The minimum atomic E-state index is -0.392. The predicted octanol–water partition coefficient (Wildman–Crippen LogP) is 4.29. The van der Waals surface area contributed by atoms with E-state index in [0.29, 0.717) is 28.6 Å². The second kappa shape index (κ2) is 9.17. The molecule has 2 aromatic carbocycles. The highest BCUT2D eigenvalue weighted by molar-refractivity contribution is 7.80. The molecule has 1 heterocycles. The molecule has 2 aromatic rings. The third-order valence-corrected chi connectivity index (χ3v) is 5.38. The number of aryl methyl sites for hydroxylation is 1. The van der Waals surface area contributed by atoms with Crippen LogP contribution in [0.5, 0.6) is 11.5 Å². The molecule has 1 N–H and O–H groups in total. The fourth-order valence-electron chi connectivity index (χ4n) is 3.70. The van der Waals surface area contributed by atoms with Crippen molar-refractivity contribution in [2.24, 2.45) is 0 Å². The van der Waals surface area contributed by atoms with Gasteiger partial charge < -0.3 is 19.5 Å². The van der Waals surface area contributed by atoms with Gasteiger partial charge in [0.15, 0.2) is 16.6 Å². The molecule has 6 nitrogen and oxygen atoms in total. The van der Waals surface area contributed by atoms with Crippen molar-refractivity contribution in [2.45, 2.75) is 26.3 Å². The molecule has 158 valence electrons. The van der Waals surface area contributed by atoms with Gasteiger partial charge in [0.1, 0.15) is 0 Å². The number of carbonyl (C=O) groups is 1. The molecule has 0 radical (unpaired) electrons. The summed E-state index contributed by atoms with van der Waals surface area (Å²) in [5.74, 6) is 0.803. The number of nitrogens with one attached hydrogen (secondary N) is 1. The first-order valence-electron chi connectivity index (χ1n) is 9.65. The number of esters is 1. The van der Waals surface area contributed by atoms with Crippen LogP contribution in [-0.2, 0) is 9.53 Å². The fourth-order valence-corrected chi connectivity index (χ4v) is 4.03. The molecule has 0 aliphatic carbocycles. The standard InChI is InChI=1S/C23H26N2O4S/c1-6-17-20(22(26)29-5)21(15-9-7-8-14(2)12-15)24-23(30)25(17)16-10-11-18(27-3)19(13-16)28-4/h7-13,21H,6H2,1-5H3,(H,24,30). The number of anilines is 1. The van der Waals surface area contributed by atoms with Crippen molar-refractivity contribution in [2.75, 3.05) is 26.2 Å². The Labute approximate surface area is 182 Å². The van der Waals surface area contributed by atoms with E-state index in [9.17, 15) is 4.79 Å². The molecule has 30 heavy (non-hydrogen) atoms. The van der Waals surface area contributed by atoms with E-state index < -0.39 is 6.04 Å². The zero-order valence-electron chi connectivity index (χ0n) is 17.8. The van der Waals surface area contributed by atoms with Gasteiger partial charge >= 0.3 is 5.97 Å². The number of ether oxygens (including phenoxy) is 3. The highest BCUT2D eigenvalue weighted by Crippen LogP contribution is 2.38. The lowest BCUT2D eigenvalue weighted by molar-refractivity contribution is -0.136. The second-order valence-electron chi connectivity index (χ2n) is 6.88. The molecule has 0 fully saturated rings. The molecule has 0 amide bonds. The number of thiocarbonyl (C=S) groups is 1. The Kier molecular flexibility index (Phi) is 6.62. The number of benzene rings is 2. The summed E-state index contributed by atoms with van der Waals surface area (Å²) in [7, 11) is 4.56. The van der Waals surface area contributed by atoms with Crippen molar-refractivity contribution in [1.29, 1.82) is 0 Å². The van der Waals surface area contributed by atoms with Crippen LogP contribution in [0.2, 0.25) is 0 Å². The van der Waals surface area contributed by atoms with Gasteiger partial charge in [0.2, 0.25) is 0 Å². The SMILES string of the molecule is CCC1=C(C(=O)OC)C(c2cccc(C)c2)NC(=S)N1c1ccc(OC)c(OC)c1. The molecule has 1 unspecified atom stereocenters. The average Bonchev–Trinajstić information content (AvgIpc) is 2.77. The summed E-state index contributed by atoms with van der Waals surface area (Å²) in [6.45, 7) is 4.01. The van der Waals surface area contributed by atoms with Gasteiger partial charge in [-0.15, -0.1) is 0 Å². The van der Waals surface area contributed by atoms with Crippen LogP contribution in [0.15, 0.2) is 53.7 Å². The van der Waals surface area contributed by atoms with E-state index in [1.165, 1.54) is 7.11 Å². The third kappa shape index (κ3) is 3.98. The Bertz CT molecular complexity index is 1000. The highest BCUT2D eigenvalue weighted by atomic mass is 32.1. The van der Waals surface area contributed by atoms with E-state index in [-0.39, 0.29) is 5.97 Å². The van der Waals surface area contributed by atoms with Crippen LogP contribution in [0.3, 0.4) is 0 Å². The average molecular weight is 427 g/mol. The quantitative estimate of drug-likeness (QED) is 0.546. The number of nitrogens with zero attached hydrogens (tertiary/aromatic N) is 1. The molecule has 0 bridgehead atoms. The van der Waals surface area contributed by atoms with Crippen molar-refractivity contribution in [1.82, 2.24) is 5.32 Å². The van der Waals surface area contributed by atoms with Crippen LogP contribution in [-0.4, -0.2) is 32.4 Å². The molecule has 1 aliphatic heterocycles. The Morgan fingerprint density at radius 3 is 2.43 bits per heavy atom. The molecular weight excluding hydrogens is 400 g/mol. The predicted molar refractivity (Wildman–Crippen MR) is 121 cm³/mol. The molecule has 0 aromatic heterocycles. The number of allylic oxidation sites excluding steroid dienone is 1. The lowest BCUT2D eigenvalue weighted by Crippen LogP contribution is -2.48. The van der Waals surface area contributed by atoms with Crippen molar-refractivity contribution in [3.8, 4) is 11.5 Å². The maximum Gasteiger partial charge on any atom is 0.337 e. The molecular formula is C23H26N2O4S. The molecule has 0 saturated heterocycles. The minimum absolute atomic E-state index is 0.390. The van der Waals surface area contributed by atoms with Gasteiger partial charge in [-0.05, 0) is 43.3 Å². The lowest BCUT2D eigenvalue weighted by Gasteiger charge is -2.38. The first kappa shape index (κ1) is 21.6. The topological polar surface area (TPSA) is 60.0 Å². The van der Waals surface area contributed by atoms with E-state index in [4.69, 9.17) is 26.4 Å². The molecule has 0 saturated carbocycles. The summed E-state index contributed by atoms with van der Waals surface area (Å²) in [4.78, 5) is 14.7. The van der Waals surface area contributed by atoms with Crippen LogP contribution in [0.4, 0.5) is 5.69 Å². The van der Waals surface area contributed by atoms with Gasteiger partial charge in [0, 0.05) is 11.8 Å². The number of hydrogen-bond donors (Lipinski definition) is 1. The van der Waals surface area contributed by atoms with Crippen molar-refractivity contribution < 1.29 is 19.0 Å². The summed E-state index contributed by atoms with van der Waals surface area (Å²) in [5.41, 5.74) is 4.14. The van der Waals surface area contributed by atoms with E-state index in [1.54, 1.807) is 14.2 Å². The third-order valence-electron chi connectivity index (χ3n) is 5.08. The van der Waals surface area contributed by atoms with Crippen molar-refractivity contribution in [3.63, 3.8) is 0 Å². The van der Waals surface area contributed by atoms with Crippen molar-refractivity contribution in [3.05, 3.63) is 64.9 Å². The first-order chi connectivity index (χ1) is 14.4. The van der Waals surface area contributed by atoms with Crippen LogP contribution in [0.1, 0.15) is 30.5 Å². The van der Waals surface area contributed by atoms with Gasteiger partial charge in [0.05, 0.1) is 38.6 Å². The fraction of sp³-hybridized carbons (Fsp3) is 0.304. The maximum atomic E-state index is 12.9. The van der Waals surface area contributed by atoms with Gasteiger partial charge in [-0.1, -0.05) is 36.8 Å². The molecule has 7 heteroatoms. The maximum absolute atomic E-state index is 12.9. The number of rotatable bonds is 6. The minimum Gasteiger partial charge on any atom is -0.493 e. The van der Waals surface area contributed by atoms with Crippen LogP contribution in [0, 0.1) is 6.92 Å². The molecule has 0 spiro atoms. The Hall–Kier alpha value is -3.06. The zero-order valence-corrected chi connectivity index (χ0v) is 18.6. The summed E-state index contributed by atoms with van der Waals surface area (Å²) in [5, 5.41) is 3.83. The van der Waals surface area contributed by atoms with Gasteiger partial charge in [0.25, 0.3) is 0 Å². The first-order valence-corrected chi connectivity index (χ1v) is 10.1. The van der Waals surface area contributed by atoms with E-state index in [1.807, 2.05) is 61.2 Å². The second-order valence-corrected chi connectivity index (χ2v) is 7.26. The lowest BCUT2D eigenvalue weighted by atomic mass is 9.92. The summed E-state index contributed by atoms with van der Waals surface area (Å²) >= 11 is 5.74. The van der Waals surface area contributed by atoms with Crippen LogP contribution < -0.4 is 19.7 Å². The van der Waals surface area contributed by atoms with Crippen molar-refractivity contribution >= 4 is 29.0 Å². The monoisotopic (exact) mass is 426 g/mol. The molecule has 3 rings (SSSR count). The van der Waals surface area contributed by atoms with E-state index in [0.717, 1.165) is 22.5 Å². The molecule has 1 aliphatic rings. The highest BCUT2D eigenvalue weighted by Gasteiger charge is 2.36. The Morgan fingerprint density at radius 2 is 1.83 bits per heavy atom. The summed E-state index contributed by atoms with van der Waals surface area (Å²) in [6, 6.07) is 13.2. The van der Waals surface area contributed by atoms with Crippen LogP contribution in [0.25, 0.3) is 0 Å². The van der Waals surface area contributed by atoms with Gasteiger partial charge in [-0.3, -0.25) is 4.90 Å². The summed E-state index contributed by atoms with van der Waals surface area (Å²) < 4.78 is 15.9. The van der Waals surface area contributed by atoms with E-state index in [2.05, 4.69) is 5.32 Å².